The van der Waals surface area contributed by atoms with Gasteiger partial charge in [0.2, 0.25) is 5.91 Å². The van der Waals surface area contributed by atoms with Crippen LogP contribution in [0.1, 0.15) is 18.9 Å². The lowest BCUT2D eigenvalue weighted by Crippen LogP contribution is -2.21. The fourth-order valence-corrected chi connectivity index (χ4v) is 2.22. The van der Waals surface area contributed by atoms with Gasteiger partial charge in [0, 0.05) is 25.3 Å². The molecule has 0 fully saturated rings. The number of thioether (sulfide) groups is 1. The number of benzene rings is 1. The number of nitrogens with one attached hydrogen (secondary N) is 1. The highest BCUT2D eigenvalue weighted by Crippen LogP contribution is 2.15. The lowest BCUT2D eigenvalue weighted by Gasteiger charge is -2.03. The highest BCUT2D eigenvalue weighted by atomic mass is 32.2. The number of halogens is 2. The van der Waals surface area contributed by atoms with Crippen molar-refractivity contribution in [2.24, 2.45) is 0 Å². The van der Waals surface area contributed by atoms with Gasteiger partial charge in [0.05, 0.1) is 0 Å². The molecule has 17 heavy (non-hydrogen) atoms. The molecule has 0 spiro atoms. The predicted molar refractivity (Wildman–Crippen MR) is 65.8 cm³/mol. The summed E-state index contributed by atoms with van der Waals surface area (Å²) in [7, 11) is 0. The Morgan fingerprint density at radius 1 is 1.29 bits per heavy atom. The molecule has 0 heterocycles. The van der Waals surface area contributed by atoms with Gasteiger partial charge in [-0.15, -0.1) is 0 Å². The summed E-state index contributed by atoms with van der Waals surface area (Å²) in [6.45, 7) is 2.11. The first-order valence-electron chi connectivity index (χ1n) is 5.35. The van der Waals surface area contributed by atoms with Crippen LogP contribution in [-0.4, -0.2) is 18.2 Å². The first kappa shape index (κ1) is 14.0. The van der Waals surface area contributed by atoms with Crippen LogP contribution in [0, 0.1) is 11.6 Å². The number of hydrogen-bond acceptors (Lipinski definition) is 2. The largest absolute Gasteiger partial charge is 0.356 e. The van der Waals surface area contributed by atoms with Gasteiger partial charge < -0.3 is 5.32 Å². The third-order valence-corrected chi connectivity index (χ3v) is 3.15. The first-order valence-corrected chi connectivity index (χ1v) is 6.50. The lowest BCUT2D eigenvalue weighted by molar-refractivity contribution is -0.118. The molecule has 1 N–H and O–H groups in total. The van der Waals surface area contributed by atoms with Crippen LogP contribution in [0.2, 0.25) is 0 Å². The Labute approximate surface area is 104 Å². The second kappa shape index (κ2) is 7.27. The molecule has 1 aromatic rings. The highest BCUT2D eigenvalue weighted by molar-refractivity contribution is 7.98. The maximum Gasteiger partial charge on any atom is 0.216 e. The van der Waals surface area contributed by atoms with E-state index in [1.54, 1.807) is 11.8 Å². The number of rotatable bonds is 6. The SMILES string of the molecule is CC(=O)NCCCSCc1cc(F)cc(F)c1. The van der Waals surface area contributed by atoms with Crippen molar-refractivity contribution in [2.45, 2.75) is 19.1 Å². The molecule has 5 heteroatoms. The van der Waals surface area contributed by atoms with E-state index in [0.29, 0.717) is 17.9 Å². The van der Waals surface area contributed by atoms with Crippen molar-refractivity contribution in [1.82, 2.24) is 5.32 Å². The van der Waals surface area contributed by atoms with Crippen LogP contribution in [0.15, 0.2) is 18.2 Å². The molecule has 0 bridgehead atoms. The second-order valence-corrected chi connectivity index (χ2v) is 4.77. The van der Waals surface area contributed by atoms with Gasteiger partial charge in [-0.3, -0.25) is 4.79 Å². The van der Waals surface area contributed by atoms with Crippen LogP contribution in [0.3, 0.4) is 0 Å². The zero-order chi connectivity index (χ0) is 12.7. The van der Waals surface area contributed by atoms with Crippen molar-refractivity contribution in [3.05, 3.63) is 35.4 Å². The van der Waals surface area contributed by atoms with E-state index in [2.05, 4.69) is 5.32 Å². The van der Waals surface area contributed by atoms with E-state index < -0.39 is 11.6 Å². The Balaban J connectivity index is 2.20. The molecule has 0 saturated heterocycles. The van der Waals surface area contributed by atoms with Crippen molar-refractivity contribution < 1.29 is 13.6 Å². The van der Waals surface area contributed by atoms with E-state index in [-0.39, 0.29) is 5.91 Å². The number of hydrogen-bond donors (Lipinski definition) is 1. The Kier molecular flexibility index (Phi) is 5.97. The van der Waals surface area contributed by atoms with Crippen molar-refractivity contribution in [3.63, 3.8) is 0 Å². The summed E-state index contributed by atoms with van der Waals surface area (Å²) in [6.07, 6.45) is 0.849. The summed E-state index contributed by atoms with van der Waals surface area (Å²) in [5, 5.41) is 2.69. The summed E-state index contributed by atoms with van der Waals surface area (Å²) in [6, 6.07) is 3.54. The predicted octanol–water partition coefficient (Wildman–Crippen LogP) is 2.72. The Hall–Kier alpha value is -1.10. The smallest absolute Gasteiger partial charge is 0.216 e. The molecular weight excluding hydrogens is 244 g/mol. The average Bonchev–Trinajstić information content (AvgIpc) is 2.21. The maximum absolute atomic E-state index is 12.9. The molecule has 1 aromatic carbocycles. The zero-order valence-corrected chi connectivity index (χ0v) is 10.4. The van der Waals surface area contributed by atoms with E-state index >= 15 is 0 Å². The highest BCUT2D eigenvalue weighted by Gasteiger charge is 2.00. The third kappa shape index (κ3) is 6.26. The van der Waals surface area contributed by atoms with E-state index in [1.807, 2.05) is 0 Å². The Bertz CT molecular complexity index is 365. The minimum absolute atomic E-state index is 0.0396. The van der Waals surface area contributed by atoms with Gasteiger partial charge in [-0.25, -0.2) is 8.78 Å². The summed E-state index contributed by atoms with van der Waals surface area (Å²) in [5.74, 6) is 0.299. The van der Waals surface area contributed by atoms with Crippen LogP contribution in [0.5, 0.6) is 0 Å². The molecule has 0 aliphatic carbocycles. The fourth-order valence-electron chi connectivity index (χ4n) is 1.32. The molecule has 0 atom stereocenters. The van der Waals surface area contributed by atoms with Crippen molar-refractivity contribution in [3.8, 4) is 0 Å². The number of amides is 1. The maximum atomic E-state index is 12.9. The topological polar surface area (TPSA) is 29.1 Å². The van der Waals surface area contributed by atoms with Crippen LogP contribution >= 0.6 is 11.8 Å². The van der Waals surface area contributed by atoms with Gasteiger partial charge in [0.25, 0.3) is 0 Å². The fraction of sp³-hybridized carbons (Fsp3) is 0.417. The Morgan fingerprint density at radius 3 is 2.53 bits per heavy atom. The monoisotopic (exact) mass is 259 g/mol. The third-order valence-electron chi connectivity index (χ3n) is 2.03. The van der Waals surface area contributed by atoms with Crippen LogP contribution < -0.4 is 5.32 Å². The second-order valence-electron chi connectivity index (χ2n) is 3.67. The minimum Gasteiger partial charge on any atom is -0.356 e. The molecule has 0 radical (unpaired) electrons. The van der Waals surface area contributed by atoms with Gasteiger partial charge in [-0.1, -0.05) is 0 Å². The van der Waals surface area contributed by atoms with Gasteiger partial charge in [0.1, 0.15) is 11.6 Å². The van der Waals surface area contributed by atoms with E-state index in [9.17, 15) is 13.6 Å². The molecule has 94 valence electrons. The van der Waals surface area contributed by atoms with Gasteiger partial charge >= 0.3 is 0 Å². The van der Waals surface area contributed by atoms with E-state index in [1.165, 1.54) is 19.1 Å². The van der Waals surface area contributed by atoms with Gasteiger partial charge in [-0.05, 0) is 29.9 Å². The quantitative estimate of drug-likeness (QED) is 0.796. The Morgan fingerprint density at radius 2 is 1.94 bits per heavy atom. The summed E-state index contributed by atoms with van der Waals surface area (Å²) in [4.78, 5) is 10.6. The molecule has 0 aliphatic heterocycles. The van der Waals surface area contributed by atoms with Crippen LogP contribution in [0.4, 0.5) is 8.78 Å². The molecule has 2 nitrogen and oxygen atoms in total. The summed E-state index contributed by atoms with van der Waals surface area (Å²) in [5.41, 5.74) is 0.645. The minimum atomic E-state index is -0.543. The molecular formula is C12H15F2NOS. The van der Waals surface area contributed by atoms with E-state index in [0.717, 1.165) is 18.2 Å². The van der Waals surface area contributed by atoms with Crippen LogP contribution in [0.25, 0.3) is 0 Å². The number of carbonyl (C=O) groups excluding carboxylic acids is 1. The zero-order valence-electron chi connectivity index (χ0n) is 9.63. The summed E-state index contributed by atoms with van der Waals surface area (Å²) < 4.78 is 25.7. The normalized spacial score (nSPS) is 10.3. The average molecular weight is 259 g/mol. The van der Waals surface area contributed by atoms with Gasteiger partial charge in [-0.2, -0.15) is 11.8 Å². The molecule has 1 rings (SSSR count). The molecule has 0 saturated carbocycles. The van der Waals surface area contributed by atoms with E-state index in [4.69, 9.17) is 0 Å². The first-order chi connectivity index (χ1) is 8.08. The lowest BCUT2D eigenvalue weighted by atomic mass is 10.2. The summed E-state index contributed by atoms with van der Waals surface area (Å²) >= 11 is 1.59. The van der Waals surface area contributed by atoms with Crippen molar-refractivity contribution in [1.29, 1.82) is 0 Å². The molecule has 1 amide bonds. The molecule has 0 aromatic heterocycles. The van der Waals surface area contributed by atoms with Crippen molar-refractivity contribution >= 4 is 17.7 Å². The van der Waals surface area contributed by atoms with Crippen molar-refractivity contribution in [2.75, 3.05) is 12.3 Å². The molecule has 0 unspecified atom stereocenters. The standard InChI is InChI=1S/C12H15F2NOS/c1-9(16)15-3-2-4-17-8-10-5-11(13)7-12(14)6-10/h5-7H,2-4,8H2,1H3,(H,15,16). The number of carbonyl (C=O) groups is 1. The van der Waals surface area contributed by atoms with Crippen LogP contribution in [-0.2, 0) is 10.5 Å². The van der Waals surface area contributed by atoms with Gasteiger partial charge in [0.15, 0.2) is 0 Å². The molecule has 0 aliphatic rings.